The van der Waals surface area contributed by atoms with Crippen LogP contribution in [-0.2, 0) is 15.3 Å². The topological polar surface area (TPSA) is 58.2 Å². The fourth-order valence-corrected chi connectivity index (χ4v) is 3.73. The first kappa shape index (κ1) is 20.6. The van der Waals surface area contributed by atoms with E-state index in [1.165, 1.54) is 11.8 Å². The first-order valence-corrected chi connectivity index (χ1v) is 9.92. The number of anilines is 1. The minimum absolute atomic E-state index is 0.0606. The number of halogens is 2. The summed E-state index contributed by atoms with van der Waals surface area (Å²) in [5.74, 6) is 0.395. The lowest BCUT2D eigenvalue weighted by Crippen LogP contribution is -2.34. The summed E-state index contributed by atoms with van der Waals surface area (Å²) in [5, 5.41) is 6.63. The third-order valence-corrected chi connectivity index (χ3v) is 5.27. The quantitative estimate of drug-likeness (QED) is 0.700. The number of amides is 2. The molecule has 138 valence electrons. The molecule has 0 saturated heterocycles. The van der Waals surface area contributed by atoms with Gasteiger partial charge < -0.3 is 10.6 Å². The minimum atomic E-state index is -0.249. The monoisotopic (exact) mass is 410 g/mol. The van der Waals surface area contributed by atoms with Crippen molar-refractivity contribution in [2.24, 2.45) is 0 Å². The highest BCUT2D eigenvalue weighted by atomic mass is 35.5. The zero-order valence-electron chi connectivity index (χ0n) is 14.6. The van der Waals surface area contributed by atoms with E-state index < -0.39 is 0 Å². The fraction of sp³-hybridized carbons (Fsp3) is 0.263. The minimum Gasteiger partial charge on any atom is -0.346 e. The summed E-state index contributed by atoms with van der Waals surface area (Å²) in [7, 11) is 0. The van der Waals surface area contributed by atoms with Gasteiger partial charge in [0.25, 0.3) is 0 Å². The second kappa shape index (κ2) is 9.86. The van der Waals surface area contributed by atoms with E-state index in [1.807, 2.05) is 38.1 Å². The highest BCUT2D eigenvalue weighted by Crippen LogP contribution is 2.24. The smallest absolute Gasteiger partial charge is 0.243 e. The number of para-hydroxylation sites is 1. The maximum absolute atomic E-state index is 12.0. The highest BCUT2D eigenvalue weighted by molar-refractivity contribution is 7.99. The van der Waals surface area contributed by atoms with Crippen LogP contribution in [0.2, 0.25) is 10.0 Å². The molecule has 0 bridgehead atoms. The molecule has 2 rings (SSSR count). The number of rotatable bonds is 7. The summed E-state index contributed by atoms with van der Waals surface area (Å²) < 4.78 is 0. The van der Waals surface area contributed by atoms with Gasteiger partial charge >= 0.3 is 0 Å². The van der Waals surface area contributed by atoms with Crippen LogP contribution < -0.4 is 10.6 Å². The Balaban J connectivity index is 1.73. The van der Waals surface area contributed by atoms with Crippen molar-refractivity contribution in [3.63, 3.8) is 0 Å². The second-order valence-corrected chi connectivity index (χ2v) is 7.65. The molecule has 0 fully saturated rings. The van der Waals surface area contributed by atoms with Crippen molar-refractivity contribution in [3.05, 3.63) is 63.1 Å². The number of hydrogen-bond acceptors (Lipinski definition) is 3. The molecular weight excluding hydrogens is 391 g/mol. The van der Waals surface area contributed by atoms with Gasteiger partial charge in [0.15, 0.2) is 0 Å². The maximum atomic E-state index is 12.0. The van der Waals surface area contributed by atoms with Crippen molar-refractivity contribution in [2.45, 2.75) is 19.6 Å². The van der Waals surface area contributed by atoms with Gasteiger partial charge in [-0.25, -0.2) is 0 Å². The summed E-state index contributed by atoms with van der Waals surface area (Å²) in [6.45, 7) is 3.80. The van der Waals surface area contributed by atoms with Crippen LogP contribution in [0.4, 0.5) is 5.69 Å². The molecule has 0 spiro atoms. The maximum Gasteiger partial charge on any atom is 0.243 e. The SMILES string of the molecule is Cc1cccc(C)c1NC(=O)CNC(=O)CSCc1ccc(Cl)cc1Cl. The normalized spacial score (nSPS) is 10.5. The molecule has 2 aromatic carbocycles. The third kappa shape index (κ3) is 6.24. The van der Waals surface area contributed by atoms with Crippen molar-refractivity contribution in [1.29, 1.82) is 0 Å². The molecule has 2 aromatic rings. The molecule has 0 aliphatic rings. The van der Waals surface area contributed by atoms with E-state index in [1.54, 1.807) is 12.1 Å². The molecule has 4 nitrogen and oxygen atoms in total. The van der Waals surface area contributed by atoms with Crippen molar-refractivity contribution in [3.8, 4) is 0 Å². The van der Waals surface area contributed by atoms with Gasteiger partial charge in [-0.2, -0.15) is 0 Å². The van der Waals surface area contributed by atoms with Gasteiger partial charge in [-0.15, -0.1) is 11.8 Å². The van der Waals surface area contributed by atoms with E-state index in [0.29, 0.717) is 15.8 Å². The Bertz CT molecular complexity index is 792. The second-order valence-electron chi connectivity index (χ2n) is 5.82. The number of nitrogens with one attached hydrogen (secondary N) is 2. The molecule has 7 heteroatoms. The molecule has 0 aromatic heterocycles. The molecule has 0 saturated carbocycles. The predicted molar refractivity (Wildman–Crippen MR) is 110 cm³/mol. The van der Waals surface area contributed by atoms with E-state index >= 15 is 0 Å². The van der Waals surface area contributed by atoms with Gasteiger partial charge in [-0.3, -0.25) is 9.59 Å². The molecule has 0 heterocycles. The van der Waals surface area contributed by atoms with E-state index in [-0.39, 0.29) is 24.1 Å². The van der Waals surface area contributed by atoms with Gasteiger partial charge in [0, 0.05) is 21.5 Å². The molecule has 0 aliphatic carbocycles. The van der Waals surface area contributed by atoms with E-state index in [4.69, 9.17) is 23.2 Å². The molecular formula is C19H20Cl2N2O2S. The van der Waals surface area contributed by atoms with Gasteiger partial charge in [-0.1, -0.05) is 47.5 Å². The number of thioether (sulfide) groups is 1. The van der Waals surface area contributed by atoms with Gasteiger partial charge in [0.1, 0.15) is 0 Å². The zero-order valence-corrected chi connectivity index (χ0v) is 16.9. The largest absolute Gasteiger partial charge is 0.346 e. The van der Waals surface area contributed by atoms with Crippen molar-refractivity contribution in [2.75, 3.05) is 17.6 Å². The lowest BCUT2D eigenvalue weighted by molar-refractivity contribution is -0.122. The van der Waals surface area contributed by atoms with Crippen LogP contribution in [0.5, 0.6) is 0 Å². The predicted octanol–water partition coefficient (Wildman–Crippen LogP) is 4.60. The lowest BCUT2D eigenvalue weighted by Gasteiger charge is -2.12. The standard InChI is InChI=1S/C19H20Cl2N2O2S/c1-12-4-3-5-13(2)19(12)23-17(24)9-22-18(25)11-26-10-14-6-7-15(20)8-16(14)21/h3-8H,9-11H2,1-2H3,(H,22,25)(H,23,24). The molecule has 0 aliphatic heterocycles. The van der Waals surface area contributed by atoms with Crippen molar-refractivity contribution in [1.82, 2.24) is 5.32 Å². The summed E-state index contributed by atoms with van der Waals surface area (Å²) in [6.07, 6.45) is 0. The summed E-state index contributed by atoms with van der Waals surface area (Å²) >= 11 is 13.4. The van der Waals surface area contributed by atoms with Crippen LogP contribution in [0.15, 0.2) is 36.4 Å². The van der Waals surface area contributed by atoms with Crippen LogP contribution in [0.25, 0.3) is 0 Å². The van der Waals surface area contributed by atoms with E-state index in [0.717, 1.165) is 22.4 Å². The van der Waals surface area contributed by atoms with Crippen LogP contribution in [0.3, 0.4) is 0 Å². The van der Waals surface area contributed by atoms with Gasteiger partial charge in [-0.05, 0) is 42.7 Å². The summed E-state index contributed by atoms with van der Waals surface area (Å²) in [4.78, 5) is 23.9. The number of benzene rings is 2. The van der Waals surface area contributed by atoms with Crippen molar-refractivity contribution < 1.29 is 9.59 Å². The highest BCUT2D eigenvalue weighted by Gasteiger charge is 2.10. The van der Waals surface area contributed by atoms with E-state index in [9.17, 15) is 9.59 Å². The number of hydrogen-bond donors (Lipinski definition) is 2. The summed E-state index contributed by atoms with van der Waals surface area (Å²) in [5.41, 5.74) is 3.68. The Morgan fingerprint density at radius 3 is 2.38 bits per heavy atom. The third-order valence-electron chi connectivity index (χ3n) is 3.70. The number of aryl methyl sites for hydroxylation is 2. The Hall–Kier alpha value is -1.69. The Morgan fingerprint density at radius 1 is 1.04 bits per heavy atom. The first-order chi connectivity index (χ1) is 12.4. The lowest BCUT2D eigenvalue weighted by atomic mass is 10.1. The average Bonchev–Trinajstić information content (AvgIpc) is 2.58. The van der Waals surface area contributed by atoms with Crippen LogP contribution in [0, 0.1) is 13.8 Å². The molecule has 0 unspecified atom stereocenters. The number of carbonyl (C=O) groups excluding carboxylic acids is 2. The van der Waals surface area contributed by atoms with Crippen LogP contribution >= 0.6 is 35.0 Å². The van der Waals surface area contributed by atoms with E-state index in [2.05, 4.69) is 10.6 Å². The summed E-state index contributed by atoms with van der Waals surface area (Å²) in [6, 6.07) is 11.1. The Labute approximate surface area is 167 Å². The Kier molecular flexibility index (Phi) is 7.82. The zero-order chi connectivity index (χ0) is 19.1. The van der Waals surface area contributed by atoms with Crippen LogP contribution in [0.1, 0.15) is 16.7 Å². The van der Waals surface area contributed by atoms with Crippen LogP contribution in [-0.4, -0.2) is 24.1 Å². The molecule has 26 heavy (non-hydrogen) atoms. The molecule has 0 atom stereocenters. The van der Waals surface area contributed by atoms with Gasteiger partial charge in [0.05, 0.1) is 12.3 Å². The fourth-order valence-electron chi connectivity index (χ4n) is 2.32. The molecule has 0 radical (unpaired) electrons. The average molecular weight is 411 g/mol. The van der Waals surface area contributed by atoms with Crippen molar-refractivity contribution >= 4 is 52.5 Å². The number of carbonyl (C=O) groups is 2. The Morgan fingerprint density at radius 2 is 1.73 bits per heavy atom. The van der Waals surface area contributed by atoms with Gasteiger partial charge in [0.2, 0.25) is 11.8 Å². The molecule has 2 amide bonds. The first-order valence-electron chi connectivity index (χ1n) is 8.01. The molecule has 2 N–H and O–H groups in total.